The smallest absolute Gasteiger partial charge is 0.312 e. The molecule has 1 atom stereocenters. The minimum Gasteiger partial charge on any atom is -0.375 e. The first-order valence-electron chi connectivity index (χ1n) is 7.00. The van der Waals surface area contributed by atoms with Crippen LogP contribution in [0.1, 0.15) is 12.5 Å². The highest BCUT2D eigenvalue weighted by Gasteiger charge is 2.26. The summed E-state index contributed by atoms with van der Waals surface area (Å²) in [5.74, 6) is -1.07. The molecular weight excluding hydrogens is 292 g/mol. The van der Waals surface area contributed by atoms with Gasteiger partial charge in [-0.1, -0.05) is 29.8 Å². The number of halogens is 1. The average Bonchev–Trinajstić information content (AvgIpc) is 2.48. The Morgan fingerprint density at radius 1 is 1.43 bits per heavy atom. The summed E-state index contributed by atoms with van der Waals surface area (Å²) in [6.45, 7) is 3.65. The molecule has 2 rings (SSSR count). The van der Waals surface area contributed by atoms with Crippen LogP contribution in [0.2, 0.25) is 5.02 Å². The van der Waals surface area contributed by atoms with Gasteiger partial charge < -0.3 is 15.0 Å². The lowest BCUT2D eigenvalue weighted by molar-refractivity contribution is -0.150. The number of amides is 2. The first kappa shape index (κ1) is 15.8. The third-order valence-electron chi connectivity index (χ3n) is 3.36. The zero-order valence-electron chi connectivity index (χ0n) is 12.0. The Morgan fingerprint density at radius 2 is 2.19 bits per heavy atom. The van der Waals surface area contributed by atoms with E-state index in [1.54, 1.807) is 6.07 Å². The van der Waals surface area contributed by atoms with E-state index in [-0.39, 0.29) is 6.10 Å². The molecule has 0 spiro atoms. The molecule has 21 heavy (non-hydrogen) atoms. The number of morpholine rings is 1. The Hall–Kier alpha value is -1.59. The first-order chi connectivity index (χ1) is 10.1. The van der Waals surface area contributed by atoms with Crippen LogP contribution >= 0.6 is 11.6 Å². The molecule has 1 aliphatic heterocycles. The molecule has 0 radical (unpaired) electrons. The van der Waals surface area contributed by atoms with Crippen molar-refractivity contribution in [1.82, 2.24) is 10.2 Å². The molecule has 0 aliphatic carbocycles. The standard InChI is InChI=1S/C15H19ClN2O3/c1-11-10-18(8-9-21-11)15(20)14(19)17-7-6-12-4-2-3-5-13(12)16/h2-5,11H,6-10H2,1H3,(H,17,19). The third-order valence-corrected chi connectivity index (χ3v) is 3.73. The van der Waals surface area contributed by atoms with Gasteiger partial charge in [0.15, 0.2) is 0 Å². The van der Waals surface area contributed by atoms with E-state index in [1.165, 1.54) is 4.90 Å². The maximum Gasteiger partial charge on any atom is 0.312 e. The number of ether oxygens (including phenoxy) is 1. The molecule has 1 aromatic carbocycles. The zero-order valence-corrected chi connectivity index (χ0v) is 12.7. The molecule has 114 valence electrons. The number of rotatable bonds is 3. The van der Waals surface area contributed by atoms with Gasteiger partial charge in [-0.2, -0.15) is 0 Å². The molecular formula is C15H19ClN2O3. The molecule has 1 saturated heterocycles. The second-order valence-electron chi connectivity index (χ2n) is 5.03. The lowest BCUT2D eigenvalue weighted by Crippen LogP contribution is -2.50. The van der Waals surface area contributed by atoms with E-state index >= 15 is 0 Å². The van der Waals surface area contributed by atoms with Gasteiger partial charge in [-0.25, -0.2) is 0 Å². The number of hydrogen-bond acceptors (Lipinski definition) is 3. The molecule has 1 N–H and O–H groups in total. The minimum absolute atomic E-state index is 0.0291. The highest BCUT2D eigenvalue weighted by atomic mass is 35.5. The van der Waals surface area contributed by atoms with Crippen molar-refractivity contribution >= 4 is 23.4 Å². The van der Waals surface area contributed by atoms with Crippen molar-refractivity contribution in [2.24, 2.45) is 0 Å². The van der Waals surface area contributed by atoms with Crippen LogP contribution in [0.25, 0.3) is 0 Å². The normalized spacial score (nSPS) is 18.4. The van der Waals surface area contributed by atoms with Crippen molar-refractivity contribution < 1.29 is 14.3 Å². The summed E-state index contributed by atoms with van der Waals surface area (Å²) in [5.41, 5.74) is 0.951. The molecule has 2 amide bonds. The maximum atomic E-state index is 12.0. The highest BCUT2D eigenvalue weighted by Crippen LogP contribution is 2.14. The Bertz CT molecular complexity index is 521. The van der Waals surface area contributed by atoms with Gasteiger partial charge >= 0.3 is 11.8 Å². The summed E-state index contributed by atoms with van der Waals surface area (Å²) in [7, 11) is 0. The van der Waals surface area contributed by atoms with Crippen molar-refractivity contribution in [3.63, 3.8) is 0 Å². The van der Waals surface area contributed by atoms with Crippen LogP contribution in [0.4, 0.5) is 0 Å². The van der Waals surface area contributed by atoms with Crippen LogP contribution in [-0.2, 0) is 20.7 Å². The van der Waals surface area contributed by atoms with Gasteiger partial charge in [-0.15, -0.1) is 0 Å². The van der Waals surface area contributed by atoms with Gasteiger partial charge in [0.1, 0.15) is 0 Å². The SMILES string of the molecule is CC1CN(C(=O)C(=O)NCCc2ccccc2Cl)CCO1. The van der Waals surface area contributed by atoms with E-state index in [0.717, 1.165) is 5.56 Å². The molecule has 1 aromatic rings. The largest absolute Gasteiger partial charge is 0.375 e. The molecule has 1 heterocycles. The Kier molecular flexibility index (Phi) is 5.59. The highest BCUT2D eigenvalue weighted by molar-refractivity contribution is 6.35. The summed E-state index contributed by atoms with van der Waals surface area (Å²) in [5, 5.41) is 3.31. The number of benzene rings is 1. The van der Waals surface area contributed by atoms with E-state index in [1.807, 2.05) is 25.1 Å². The van der Waals surface area contributed by atoms with Crippen LogP contribution in [0.5, 0.6) is 0 Å². The van der Waals surface area contributed by atoms with E-state index in [4.69, 9.17) is 16.3 Å². The van der Waals surface area contributed by atoms with Gasteiger partial charge in [0.05, 0.1) is 12.7 Å². The number of nitrogens with one attached hydrogen (secondary N) is 1. The van der Waals surface area contributed by atoms with Crippen molar-refractivity contribution in [3.8, 4) is 0 Å². The van der Waals surface area contributed by atoms with Crippen molar-refractivity contribution in [2.45, 2.75) is 19.4 Å². The maximum absolute atomic E-state index is 12.0. The molecule has 6 heteroatoms. The molecule has 1 fully saturated rings. The second-order valence-corrected chi connectivity index (χ2v) is 5.44. The minimum atomic E-state index is -0.573. The fraction of sp³-hybridized carbons (Fsp3) is 0.467. The molecule has 0 bridgehead atoms. The summed E-state index contributed by atoms with van der Waals surface area (Å²) in [6.07, 6.45) is 0.566. The first-order valence-corrected chi connectivity index (χ1v) is 7.38. The van der Waals surface area contributed by atoms with E-state index < -0.39 is 11.8 Å². The second kappa shape index (κ2) is 7.43. The third kappa shape index (κ3) is 4.44. The van der Waals surface area contributed by atoms with Gasteiger partial charge in [0.2, 0.25) is 0 Å². The predicted molar refractivity (Wildman–Crippen MR) is 80.2 cm³/mol. The number of carbonyl (C=O) groups is 2. The van der Waals surface area contributed by atoms with Crippen molar-refractivity contribution in [2.75, 3.05) is 26.2 Å². The van der Waals surface area contributed by atoms with E-state index in [0.29, 0.717) is 37.7 Å². The van der Waals surface area contributed by atoms with Crippen LogP contribution in [-0.4, -0.2) is 49.1 Å². The van der Waals surface area contributed by atoms with Gasteiger partial charge in [-0.05, 0) is 25.0 Å². The lowest BCUT2D eigenvalue weighted by Gasteiger charge is -2.30. The Labute approximate surface area is 129 Å². The number of hydrogen-bond donors (Lipinski definition) is 1. The van der Waals surface area contributed by atoms with Gasteiger partial charge in [0.25, 0.3) is 0 Å². The van der Waals surface area contributed by atoms with Crippen LogP contribution in [0.15, 0.2) is 24.3 Å². The van der Waals surface area contributed by atoms with Crippen LogP contribution in [0, 0.1) is 0 Å². The summed E-state index contributed by atoms with van der Waals surface area (Å²) in [4.78, 5) is 25.4. The topological polar surface area (TPSA) is 58.6 Å². The molecule has 0 aromatic heterocycles. The average molecular weight is 311 g/mol. The Morgan fingerprint density at radius 3 is 2.90 bits per heavy atom. The summed E-state index contributed by atoms with van der Waals surface area (Å²) >= 11 is 6.04. The Balaban J connectivity index is 1.79. The summed E-state index contributed by atoms with van der Waals surface area (Å²) < 4.78 is 5.35. The van der Waals surface area contributed by atoms with Gasteiger partial charge in [0, 0.05) is 24.7 Å². The zero-order chi connectivity index (χ0) is 15.2. The number of nitrogens with zero attached hydrogens (tertiary/aromatic N) is 1. The van der Waals surface area contributed by atoms with Crippen molar-refractivity contribution in [1.29, 1.82) is 0 Å². The van der Waals surface area contributed by atoms with Crippen LogP contribution < -0.4 is 5.32 Å². The number of carbonyl (C=O) groups excluding carboxylic acids is 2. The predicted octanol–water partition coefficient (Wildman–Crippen LogP) is 1.25. The summed E-state index contributed by atoms with van der Waals surface area (Å²) in [6, 6.07) is 7.45. The lowest BCUT2D eigenvalue weighted by atomic mass is 10.1. The quantitative estimate of drug-likeness (QED) is 0.855. The monoisotopic (exact) mass is 310 g/mol. The van der Waals surface area contributed by atoms with Crippen LogP contribution in [0.3, 0.4) is 0 Å². The van der Waals surface area contributed by atoms with E-state index in [9.17, 15) is 9.59 Å². The molecule has 1 aliphatic rings. The van der Waals surface area contributed by atoms with Gasteiger partial charge in [-0.3, -0.25) is 9.59 Å². The van der Waals surface area contributed by atoms with Crippen molar-refractivity contribution in [3.05, 3.63) is 34.9 Å². The molecule has 5 nitrogen and oxygen atoms in total. The molecule has 0 saturated carbocycles. The molecule has 1 unspecified atom stereocenters. The van der Waals surface area contributed by atoms with E-state index in [2.05, 4.69) is 5.32 Å². The fourth-order valence-electron chi connectivity index (χ4n) is 2.23. The fourth-order valence-corrected chi connectivity index (χ4v) is 2.46.